The molecule has 0 saturated carbocycles. The Morgan fingerprint density at radius 2 is 0.708 bits per heavy atom. The summed E-state index contributed by atoms with van der Waals surface area (Å²) in [5.41, 5.74) is 17.9. The molecule has 0 atom stereocenters. The molecule has 8 nitrogen and oxygen atoms in total. The maximum absolute atomic E-state index is 5.61. The van der Waals surface area contributed by atoms with Gasteiger partial charge in [-0.25, -0.2) is 28.2 Å². The van der Waals surface area contributed by atoms with E-state index >= 15 is 0 Å². The smallest absolute Gasteiger partial charge is 0.176 e. The van der Waals surface area contributed by atoms with Gasteiger partial charge in [0, 0.05) is 86.3 Å². The van der Waals surface area contributed by atoms with Gasteiger partial charge in [-0.15, -0.1) is 0 Å². The lowest BCUT2D eigenvalue weighted by molar-refractivity contribution is -0.671. The molecule has 11 aromatic rings. The number of aromatic nitrogens is 8. The maximum atomic E-state index is 5.61. The third kappa shape index (κ3) is 8.36. The van der Waals surface area contributed by atoms with E-state index in [1.54, 1.807) is 0 Å². The van der Waals surface area contributed by atoms with Gasteiger partial charge in [0.2, 0.25) is 0 Å². The lowest BCUT2D eigenvalue weighted by Crippen LogP contribution is -3.00. The molecule has 0 spiro atoms. The molecule has 9 heterocycles. The minimum atomic E-state index is 0. The Bertz CT molecular complexity index is 4060. The Morgan fingerprint density at radius 3 is 1.14 bits per heavy atom. The second-order valence-corrected chi connectivity index (χ2v) is 18.2. The highest BCUT2D eigenvalue weighted by atomic mass is 35.5. The van der Waals surface area contributed by atoms with Crippen molar-refractivity contribution in [3.8, 4) is 55.6 Å². The van der Waals surface area contributed by atoms with Crippen molar-refractivity contribution in [1.29, 1.82) is 0 Å². The summed E-state index contributed by atoms with van der Waals surface area (Å²) in [7, 11) is 8.25. The zero-order valence-electron chi connectivity index (χ0n) is 39.7. The summed E-state index contributed by atoms with van der Waals surface area (Å²) in [5.74, 6) is 0. The van der Waals surface area contributed by atoms with Crippen LogP contribution in [0.1, 0.15) is 22.8 Å². The number of H-pyrrole nitrogens is 2. The van der Waals surface area contributed by atoms with Crippen LogP contribution in [-0.4, -0.2) is 19.9 Å². The fourth-order valence-electron chi connectivity index (χ4n) is 10.4. The summed E-state index contributed by atoms with van der Waals surface area (Å²) in [4.78, 5) is 18.9. The summed E-state index contributed by atoms with van der Waals surface area (Å²) in [6.07, 6.45) is 25.6. The largest absolute Gasteiger partial charge is 1.00 e. The number of benzene rings is 4. The molecule has 0 saturated heterocycles. The van der Waals surface area contributed by atoms with Crippen LogP contribution in [0.25, 0.3) is 134 Å². The second-order valence-electron chi connectivity index (χ2n) is 18.2. The van der Waals surface area contributed by atoms with Crippen LogP contribution in [0.4, 0.5) is 0 Å². The predicted octanol–water partition coefficient (Wildman–Crippen LogP) is -0.798. The second kappa shape index (κ2) is 19.5. The summed E-state index contributed by atoms with van der Waals surface area (Å²) >= 11 is 0. The number of aromatic amines is 2. The number of nitrogens with one attached hydrogen (secondary N) is 2. The highest BCUT2D eigenvalue weighted by molar-refractivity contribution is 6.25. The molecule has 72 heavy (non-hydrogen) atoms. The minimum Gasteiger partial charge on any atom is -1.00 e. The Morgan fingerprint density at radius 1 is 0.347 bits per heavy atom. The monoisotopic (exact) mass is 1020 g/mol. The summed E-state index contributed by atoms with van der Waals surface area (Å²) in [5, 5.41) is 7.61. The molecular formula is C60H46Cl4N8. The topological polar surface area (TPSA) is 72.9 Å². The first-order valence-electron chi connectivity index (χ1n) is 23.0. The number of hydrogen-bond acceptors (Lipinski definition) is 2. The maximum Gasteiger partial charge on any atom is 0.176 e. The molecule has 8 bridgehead atoms. The summed E-state index contributed by atoms with van der Waals surface area (Å²) in [6.45, 7) is 0. The molecular weight excluding hydrogens is 975 g/mol. The van der Waals surface area contributed by atoms with E-state index in [0.29, 0.717) is 0 Å². The predicted molar refractivity (Wildman–Crippen MR) is 274 cm³/mol. The molecule has 4 aromatic carbocycles. The highest BCUT2D eigenvalue weighted by Crippen LogP contribution is 2.42. The van der Waals surface area contributed by atoms with Gasteiger partial charge in [0.1, 0.15) is 28.2 Å². The summed E-state index contributed by atoms with van der Waals surface area (Å²) in [6, 6.07) is 44.3. The number of fused-ring (bicyclic) bond motifs is 8. The number of rotatable bonds is 5. The molecule has 2 aliphatic heterocycles. The molecule has 12 heteroatoms. The molecule has 7 aromatic heterocycles. The van der Waals surface area contributed by atoms with Crippen molar-refractivity contribution >= 4 is 78.7 Å². The van der Waals surface area contributed by atoms with Gasteiger partial charge in [0.25, 0.3) is 0 Å². The molecule has 354 valence electrons. The van der Waals surface area contributed by atoms with E-state index in [1.165, 1.54) is 37.9 Å². The van der Waals surface area contributed by atoms with Crippen molar-refractivity contribution in [3.05, 3.63) is 194 Å². The van der Waals surface area contributed by atoms with Crippen molar-refractivity contribution < 1.29 is 67.9 Å². The van der Waals surface area contributed by atoms with Gasteiger partial charge in [-0.3, -0.25) is 0 Å². The lowest BCUT2D eigenvalue weighted by atomic mass is 9.89. The van der Waals surface area contributed by atoms with E-state index in [1.807, 2.05) is 21.1 Å². The third-order valence-electron chi connectivity index (χ3n) is 13.7. The standard InChI is InChI=1S/C60H45N8.4ClH/c1-65-28-22-40(23-29-65)57-47-14-16-49(61-47)58(41-24-30-66(2)31-25-41)51-18-20-53(63-51)60(54-21-19-52(64-54)59(50-17-15-48(57)62-50)42-26-32-67(3)33-27-42)44-34-43(35-68(4)36-44)45-12-10-39-9-8-37-6-5-7-38-11-13-46(45)56(39)55(37)38;;;;/h5-36H,1-4H3,(H,61,62,63,64);4*1H/q+3;;;;/p-3. The van der Waals surface area contributed by atoms with Gasteiger partial charge in [0.15, 0.2) is 49.6 Å². The van der Waals surface area contributed by atoms with Gasteiger partial charge in [0.05, 0.1) is 28.3 Å². The average Bonchev–Trinajstić information content (AvgIpc) is 4.21. The zero-order chi connectivity index (χ0) is 45.6. The molecule has 0 amide bonds. The Labute approximate surface area is 441 Å². The fourth-order valence-corrected chi connectivity index (χ4v) is 10.4. The highest BCUT2D eigenvalue weighted by Gasteiger charge is 2.22. The number of hydrogen-bond donors (Lipinski definition) is 2. The van der Waals surface area contributed by atoms with Crippen molar-refractivity contribution in [2.24, 2.45) is 28.2 Å². The van der Waals surface area contributed by atoms with Crippen LogP contribution in [0.15, 0.2) is 171 Å². The van der Waals surface area contributed by atoms with E-state index in [9.17, 15) is 0 Å². The third-order valence-corrected chi connectivity index (χ3v) is 13.7. The van der Waals surface area contributed by atoms with E-state index in [4.69, 9.17) is 9.97 Å². The molecule has 2 aliphatic rings. The number of nitrogens with zero attached hydrogens (tertiary/aromatic N) is 6. The van der Waals surface area contributed by atoms with Gasteiger partial charge in [-0.1, -0.05) is 54.6 Å². The van der Waals surface area contributed by atoms with E-state index in [0.717, 1.165) is 94.9 Å². The molecule has 0 aliphatic carbocycles. The number of halogens is 4. The Balaban J connectivity index is 0.00000160. The van der Waals surface area contributed by atoms with Crippen molar-refractivity contribution in [2.75, 3.05) is 0 Å². The Hall–Kier alpha value is -7.72. The normalized spacial score (nSPS) is 11.6. The quantitative estimate of drug-likeness (QED) is 0.176. The van der Waals surface area contributed by atoms with Gasteiger partial charge in [-0.05, 0) is 109 Å². The number of aryl methyl sites for hydroxylation is 4. The summed E-state index contributed by atoms with van der Waals surface area (Å²) < 4.78 is 8.36. The first kappa shape index (κ1) is 49.3. The van der Waals surface area contributed by atoms with Crippen LogP contribution in [0, 0.1) is 0 Å². The number of pyridine rings is 4. The lowest BCUT2D eigenvalue weighted by Gasteiger charge is -2.14. The van der Waals surface area contributed by atoms with Crippen LogP contribution in [-0.2, 0) is 28.2 Å². The van der Waals surface area contributed by atoms with Gasteiger partial charge in [-0.2, -0.15) is 0 Å². The van der Waals surface area contributed by atoms with E-state index in [-0.39, 0.29) is 49.6 Å². The van der Waals surface area contributed by atoms with Crippen LogP contribution in [0.3, 0.4) is 0 Å². The van der Waals surface area contributed by atoms with Crippen molar-refractivity contribution in [2.45, 2.75) is 0 Å². The van der Waals surface area contributed by atoms with Crippen LogP contribution >= 0.6 is 0 Å². The van der Waals surface area contributed by atoms with E-state index in [2.05, 4.69) is 230 Å². The molecule has 0 fully saturated rings. The fraction of sp³-hybridized carbons (Fsp3) is 0.0667. The van der Waals surface area contributed by atoms with Crippen LogP contribution < -0.4 is 67.9 Å². The van der Waals surface area contributed by atoms with Gasteiger partial charge < -0.3 is 59.6 Å². The molecule has 2 N–H and O–H groups in total. The Kier molecular flexibility index (Phi) is 13.3. The van der Waals surface area contributed by atoms with Crippen LogP contribution in [0.5, 0.6) is 0 Å². The molecule has 13 rings (SSSR count). The molecule has 0 unspecified atom stereocenters. The average molecular weight is 1020 g/mol. The van der Waals surface area contributed by atoms with Crippen LogP contribution in [0.2, 0.25) is 0 Å². The van der Waals surface area contributed by atoms with Crippen molar-refractivity contribution in [1.82, 2.24) is 19.9 Å². The zero-order valence-corrected chi connectivity index (χ0v) is 42.7. The first-order chi connectivity index (χ1) is 33.3. The minimum absolute atomic E-state index is 0. The SMILES string of the molecule is C[n+]1ccc(-c2c3nc(c(-c4cc[n+](C)cc4)c4ccc([nH]4)c(-c4cc(-c5ccc6ccc7cccc8ccc5c6c78)c[n+](C)c4)c4nc(c(-c5cc[n+](C)cc5)c5ccc2[nH]5)C=C4)C=C3)cc1.[Cl-].[Cl-].[Cl-].[Cl-]. The molecule has 0 radical (unpaired) electrons. The van der Waals surface area contributed by atoms with Gasteiger partial charge >= 0.3 is 0 Å². The van der Waals surface area contributed by atoms with E-state index < -0.39 is 0 Å². The first-order valence-corrected chi connectivity index (χ1v) is 23.0. The van der Waals surface area contributed by atoms with Crippen molar-refractivity contribution in [3.63, 3.8) is 0 Å².